The van der Waals surface area contributed by atoms with Crippen molar-refractivity contribution in [1.29, 1.82) is 0 Å². The van der Waals surface area contributed by atoms with Crippen molar-refractivity contribution in [1.82, 2.24) is 9.55 Å². The van der Waals surface area contributed by atoms with Gasteiger partial charge in [0.1, 0.15) is 5.75 Å². The molecule has 0 fully saturated rings. The lowest BCUT2D eigenvalue weighted by Gasteiger charge is -2.06. The summed E-state index contributed by atoms with van der Waals surface area (Å²) in [6.45, 7) is 6.95. The Morgan fingerprint density at radius 2 is 2.12 bits per heavy atom. The lowest BCUT2D eigenvalue weighted by Crippen LogP contribution is -1.97. The van der Waals surface area contributed by atoms with Crippen LogP contribution in [0.1, 0.15) is 18.2 Å². The normalized spacial score (nSPS) is 10.4. The van der Waals surface area contributed by atoms with E-state index in [2.05, 4.69) is 11.9 Å². The number of aromatic nitrogens is 2. The van der Waals surface area contributed by atoms with Gasteiger partial charge in [0.05, 0.1) is 5.69 Å². The molecule has 2 rings (SSSR count). The van der Waals surface area contributed by atoms with Crippen molar-refractivity contribution < 1.29 is 4.74 Å². The summed E-state index contributed by atoms with van der Waals surface area (Å²) in [7, 11) is 0. The number of aryl methyl sites for hydroxylation is 3. The van der Waals surface area contributed by atoms with Gasteiger partial charge in [-0.05, 0) is 38.5 Å². The number of rotatable bonds is 3. The third kappa shape index (κ3) is 2.24. The van der Waals surface area contributed by atoms with Gasteiger partial charge in [0.15, 0.2) is 0 Å². The van der Waals surface area contributed by atoms with Crippen molar-refractivity contribution in [3.8, 4) is 11.8 Å². The highest BCUT2D eigenvalue weighted by molar-refractivity contribution is 5.29. The molecule has 0 amide bonds. The van der Waals surface area contributed by atoms with Crippen molar-refractivity contribution in [2.24, 2.45) is 0 Å². The van der Waals surface area contributed by atoms with Crippen LogP contribution in [0.25, 0.3) is 0 Å². The van der Waals surface area contributed by atoms with Crippen LogP contribution in [0, 0.1) is 13.8 Å². The fourth-order valence-corrected chi connectivity index (χ4v) is 1.62. The number of hydrogen-bond acceptors (Lipinski definition) is 2. The topological polar surface area (TPSA) is 27.1 Å². The molecule has 0 saturated heterocycles. The third-order valence-corrected chi connectivity index (χ3v) is 2.40. The van der Waals surface area contributed by atoms with Crippen LogP contribution < -0.4 is 4.74 Å². The van der Waals surface area contributed by atoms with Gasteiger partial charge < -0.3 is 9.30 Å². The van der Waals surface area contributed by atoms with Gasteiger partial charge in [0, 0.05) is 12.7 Å². The summed E-state index contributed by atoms with van der Waals surface area (Å²) in [6, 6.07) is 8.63. The molecule has 84 valence electrons. The Bertz CT molecular complexity index is 488. The van der Waals surface area contributed by atoms with E-state index >= 15 is 0 Å². The Morgan fingerprint density at radius 1 is 1.31 bits per heavy atom. The van der Waals surface area contributed by atoms with Crippen molar-refractivity contribution >= 4 is 0 Å². The predicted molar refractivity (Wildman–Crippen MR) is 63.9 cm³/mol. The highest BCUT2D eigenvalue weighted by Crippen LogP contribution is 2.21. The maximum atomic E-state index is 5.75. The van der Waals surface area contributed by atoms with Gasteiger partial charge in [-0.3, -0.25) is 0 Å². The Balaban J connectivity index is 2.26. The second kappa shape index (κ2) is 4.39. The van der Waals surface area contributed by atoms with E-state index in [1.807, 2.05) is 48.9 Å². The summed E-state index contributed by atoms with van der Waals surface area (Å²) in [5.41, 5.74) is 2.16. The summed E-state index contributed by atoms with van der Waals surface area (Å²) >= 11 is 0. The zero-order chi connectivity index (χ0) is 11.5. The minimum atomic E-state index is 0.658. The molecule has 0 unspecified atom stereocenters. The molecule has 1 aromatic heterocycles. The maximum Gasteiger partial charge on any atom is 0.302 e. The quantitative estimate of drug-likeness (QED) is 0.787. The zero-order valence-corrected chi connectivity index (χ0v) is 9.90. The minimum absolute atomic E-state index is 0.658. The molecular weight excluding hydrogens is 200 g/mol. The number of ether oxygens (including phenoxy) is 1. The summed E-state index contributed by atoms with van der Waals surface area (Å²) < 4.78 is 7.75. The third-order valence-electron chi connectivity index (χ3n) is 2.40. The highest BCUT2D eigenvalue weighted by atomic mass is 16.5. The van der Waals surface area contributed by atoms with Gasteiger partial charge in [-0.2, -0.15) is 0 Å². The molecule has 0 aliphatic heterocycles. The first-order valence-corrected chi connectivity index (χ1v) is 5.47. The molecule has 0 bridgehead atoms. The summed E-state index contributed by atoms with van der Waals surface area (Å²) in [4.78, 5) is 4.35. The molecule has 0 spiro atoms. The fraction of sp³-hybridized carbons (Fsp3) is 0.308. The van der Waals surface area contributed by atoms with Gasteiger partial charge in [-0.25, -0.2) is 4.98 Å². The van der Waals surface area contributed by atoms with E-state index in [1.165, 1.54) is 5.56 Å². The van der Waals surface area contributed by atoms with Crippen molar-refractivity contribution in [3.05, 3.63) is 41.7 Å². The number of hydrogen-bond donors (Lipinski definition) is 0. The lowest BCUT2D eigenvalue weighted by atomic mass is 10.2. The molecule has 0 radical (unpaired) electrons. The number of benzene rings is 1. The highest BCUT2D eigenvalue weighted by Gasteiger charge is 2.06. The van der Waals surface area contributed by atoms with Gasteiger partial charge >= 0.3 is 6.01 Å². The molecule has 1 heterocycles. The number of nitrogens with zero attached hydrogens (tertiary/aromatic N) is 2. The SMILES string of the molecule is CCn1cc(C)nc1Oc1cccc(C)c1. The zero-order valence-electron chi connectivity index (χ0n) is 9.90. The first kappa shape index (κ1) is 10.7. The first-order valence-electron chi connectivity index (χ1n) is 5.47. The Labute approximate surface area is 95.7 Å². The van der Waals surface area contributed by atoms with Crippen LogP contribution in [-0.2, 0) is 6.54 Å². The molecule has 16 heavy (non-hydrogen) atoms. The van der Waals surface area contributed by atoms with E-state index in [0.717, 1.165) is 18.0 Å². The van der Waals surface area contributed by atoms with Gasteiger partial charge in [0.25, 0.3) is 0 Å². The molecule has 0 aliphatic carbocycles. The monoisotopic (exact) mass is 216 g/mol. The summed E-state index contributed by atoms with van der Waals surface area (Å²) in [5.74, 6) is 0.834. The van der Waals surface area contributed by atoms with E-state index in [-0.39, 0.29) is 0 Å². The first-order chi connectivity index (χ1) is 7.69. The second-order valence-corrected chi connectivity index (χ2v) is 3.87. The van der Waals surface area contributed by atoms with E-state index in [0.29, 0.717) is 6.01 Å². The molecule has 2 aromatic rings. The van der Waals surface area contributed by atoms with Gasteiger partial charge in [-0.15, -0.1) is 0 Å². The average molecular weight is 216 g/mol. The van der Waals surface area contributed by atoms with Crippen molar-refractivity contribution in [3.63, 3.8) is 0 Å². The van der Waals surface area contributed by atoms with Crippen molar-refractivity contribution in [2.75, 3.05) is 0 Å². The Morgan fingerprint density at radius 3 is 2.81 bits per heavy atom. The van der Waals surface area contributed by atoms with Crippen LogP contribution in [0.2, 0.25) is 0 Å². The molecule has 3 nitrogen and oxygen atoms in total. The Kier molecular flexibility index (Phi) is 2.95. The average Bonchev–Trinajstić information content (AvgIpc) is 2.59. The van der Waals surface area contributed by atoms with E-state index < -0.39 is 0 Å². The van der Waals surface area contributed by atoms with Crippen LogP contribution in [0.3, 0.4) is 0 Å². The molecule has 3 heteroatoms. The minimum Gasteiger partial charge on any atom is -0.426 e. The molecule has 0 atom stereocenters. The predicted octanol–water partition coefficient (Wildman–Crippen LogP) is 3.31. The lowest BCUT2D eigenvalue weighted by molar-refractivity contribution is 0.415. The van der Waals surface area contributed by atoms with Crippen LogP contribution in [0.15, 0.2) is 30.5 Å². The van der Waals surface area contributed by atoms with Crippen LogP contribution in [0.5, 0.6) is 11.8 Å². The van der Waals surface area contributed by atoms with Crippen LogP contribution >= 0.6 is 0 Å². The Hall–Kier alpha value is -1.77. The molecule has 0 N–H and O–H groups in total. The van der Waals surface area contributed by atoms with E-state index in [4.69, 9.17) is 4.74 Å². The summed E-state index contributed by atoms with van der Waals surface area (Å²) in [6.07, 6.45) is 1.99. The number of imidazole rings is 1. The van der Waals surface area contributed by atoms with Crippen LogP contribution in [0.4, 0.5) is 0 Å². The van der Waals surface area contributed by atoms with Crippen LogP contribution in [-0.4, -0.2) is 9.55 Å². The molecule has 1 aromatic carbocycles. The maximum absolute atomic E-state index is 5.75. The molecule has 0 aliphatic rings. The standard InChI is InChI=1S/C13H16N2O/c1-4-15-9-11(3)14-13(15)16-12-7-5-6-10(2)8-12/h5-9H,4H2,1-3H3. The smallest absolute Gasteiger partial charge is 0.302 e. The largest absolute Gasteiger partial charge is 0.426 e. The van der Waals surface area contributed by atoms with Gasteiger partial charge in [-0.1, -0.05) is 12.1 Å². The van der Waals surface area contributed by atoms with Gasteiger partial charge in [0.2, 0.25) is 0 Å². The van der Waals surface area contributed by atoms with E-state index in [9.17, 15) is 0 Å². The summed E-state index contributed by atoms with van der Waals surface area (Å²) in [5, 5.41) is 0. The molecular formula is C13H16N2O. The van der Waals surface area contributed by atoms with Crippen molar-refractivity contribution in [2.45, 2.75) is 27.3 Å². The van der Waals surface area contributed by atoms with E-state index in [1.54, 1.807) is 0 Å². The molecule has 0 saturated carbocycles. The second-order valence-electron chi connectivity index (χ2n) is 3.87. The fourth-order valence-electron chi connectivity index (χ4n) is 1.62.